The molecule has 9 heteroatoms. The van der Waals surface area contributed by atoms with Crippen molar-refractivity contribution in [2.45, 2.75) is 19.3 Å². The molecule has 0 amide bonds. The Morgan fingerprint density at radius 2 is 1.61 bits per heavy atom. The van der Waals surface area contributed by atoms with Crippen molar-refractivity contribution in [3.8, 4) is 34.5 Å². The van der Waals surface area contributed by atoms with Crippen LogP contribution in [0.1, 0.15) is 46.3 Å². The van der Waals surface area contributed by atoms with Crippen LogP contribution in [0.5, 0.6) is 34.5 Å². The number of rotatable bonds is 6. The van der Waals surface area contributed by atoms with Crippen molar-refractivity contribution in [1.29, 1.82) is 0 Å². The van der Waals surface area contributed by atoms with E-state index in [-0.39, 0.29) is 35.2 Å². The first kappa shape index (κ1) is 24.9. The third-order valence-corrected chi connectivity index (χ3v) is 6.32. The summed E-state index contributed by atoms with van der Waals surface area (Å²) in [6.45, 7) is 1.27. The third-order valence-electron chi connectivity index (χ3n) is 6.32. The SMILES string of the molecule is COc1ccc(/C=C2/Oc3c(ccc4c3[C@@H](c3cc(OC)c(OC(C)=O)c(OC)c3)CC(=O)O4)C2=O)cc1. The molecule has 0 spiro atoms. The van der Waals surface area contributed by atoms with E-state index >= 15 is 0 Å². The Morgan fingerprint density at radius 3 is 2.21 bits per heavy atom. The number of hydrogen-bond donors (Lipinski definition) is 0. The molecule has 0 unspecified atom stereocenters. The summed E-state index contributed by atoms with van der Waals surface area (Å²) in [4.78, 5) is 37.5. The Balaban J connectivity index is 1.60. The number of ketones is 1. The molecule has 0 bridgehead atoms. The molecule has 0 saturated carbocycles. The molecule has 1 atom stereocenters. The zero-order valence-corrected chi connectivity index (χ0v) is 21.2. The molecule has 3 aromatic rings. The van der Waals surface area contributed by atoms with Gasteiger partial charge < -0.3 is 28.4 Å². The Kier molecular flexibility index (Phi) is 6.50. The highest BCUT2D eigenvalue weighted by atomic mass is 16.6. The minimum Gasteiger partial charge on any atom is -0.497 e. The topological polar surface area (TPSA) is 107 Å². The van der Waals surface area contributed by atoms with E-state index in [0.29, 0.717) is 33.9 Å². The van der Waals surface area contributed by atoms with E-state index in [9.17, 15) is 14.4 Å². The number of hydrogen-bond acceptors (Lipinski definition) is 9. The molecule has 0 radical (unpaired) electrons. The van der Waals surface area contributed by atoms with E-state index in [4.69, 9.17) is 28.4 Å². The van der Waals surface area contributed by atoms with Crippen molar-refractivity contribution >= 4 is 23.8 Å². The first-order valence-corrected chi connectivity index (χ1v) is 11.7. The molecule has 2 heterocycles. The van der Waals surface area contributed by atoms with Gasteiger partial charge in [0.1, 0.15) is 17.2 Å². The molecular formula is C29H24O9. The van der Waals surface area contributed by atoms with Crippen molar-refractivity contribution in [1.82, 2.24) is 0 Å². The van der Waals surface area contributed by atoms with Gasteiger partial charge in [-0.25, -0.2) is 0 Å². The van der Waals surface area contributed by atoms with Crippen molar-refractivity contribution in [3.63, 3.8) is 0 Å². The lowest BCUT2D eigenvalue weighted by molar-refractivity contribution is -0.135. The Morgan fingerprint density at radius 1 is 0.921 bits per heavy atom. The van der Waals surface area contributed by atoms with Crippen LogP contribution < -0.4 is 28.4 Å². The number of ether oxygens (including phenoxy) is 6. The Labute approximate surface area is 218 Å². The molecular weight excluding hydrogens is 492 g/mol. The Bertz CT molecular complexity index is 1460. The van der Waals surface area contributed by atoms with Gasteiger partial charge in [-0.3, -0.25) is 14.4 Å². The van der Waals surface area contributed by atoms with Gasteiger partial charge in [-0.2, -0.15) is 0 Å². The highest BCUT2D eigenvalue weighted by molar-refractivity contribution is 6.15. The maximum atomic E-state index is 13.3. The molecule has 0 fully saturated rings. The van der Waals surface area contributed by atoms with Crippen LogP contribution in [0.4, 0.5) is 0 Å². The smallest absolute Gasteiger partial charge is 0.312 e. The maximum Gasteiger partial charge on any atom is 0.312 e. The summed E-state index contributed by atoms with van der Waals surface area (Å²) in [6, 6.07) is 13.7. The van der Waals surface area contributed by atoms with Crippen molar-refractivity contribution < 1.29 is 42.8 Å². The van der Waals surface area contributed by atoms with Crippen molar-refractivity contribution in [3.05, 3.63) is 76.5 Å². The summed E-state index contributed by atoms with van der Waals surface area (Å²) < 4.78 is 33.1. The van der Waals surface area contributed by atoms with Gasteiger partial charge in [0.05, 0.1) is 33.3 Å². The molecule has 9 nitrogen and oxygen atoms in total. The predicted octanol–water partition coefficient (Wildman–Crippen LogP) is 4.69. The fraction of sp³-hybridized carbons (Fsp3) is 0.207. The average Bonchev–Trinajstić information content (AvgIpc) is 3.23. The fourth-order valence-corrected chi connectivity index (χ4v) is 4.59. The number of carbonyl (C=O) groups is 3. The van der Waals surface area contributed by atoms with Crippen LogP contribution in [0.15, 0.2) is 54.3 Å². The number of Topliss-reactive ketones (excluding diaryl/α,β-unsaturated/α-hetero) is 1. The van der Waals surface area contributed by atoms with Crippen LogP contribution >= 0.6 is 0 Å². The molecule has 0 N–H and O–H groups in total. The first-order valence-electron chi connectivity index (χ1n) is 11.7. The normalized spacial score (nSPS) is 16.7. The maximum absolute atomic E-state index is 13.3. The fourth-order valence-electron chi connectivity index (χ4n) is 4.59. The van der Waals surface area contributed by atoms with Gasteiger partial charge in [0.25, 0.3) is 0 Å². The van der Waals surface area contributed by atoms with E-state index in [1.807, 2.05) is 12.1 Å². The minimum atomic E-state index is -0.552. The van der Waals surface area contributed by atoms with Crippen molar-refractivity contribution in [2.75, 3.05) is 21.3 Å². The zero-order valence-electron chi connectivity index (χ0n) is 21.2. The largest absolute Gasteiger partial charge is 0.497 e. The number of benzene rings is 3. The van der Waals surface area contributed by atoms with Gasteiger partial charge >= 0.3 is 11.9 Å². The van der Waals surface area contributed by atoms with Crippen LogP contribution in [-0.2, 0) is 9.59 Å². The number of allylic oxidation sites excluding steroid dienone is 1. The second-order valence-corrected chi connectivity index (χ2v) is 8.65. The third kappa shape index (κ3) is 4.43. The highest BCUT2D eigenvalue weighted by Gasteiger charge is 2.39. The number of carbonyl (C=O) groups excluding carboxylic acids is 3. The molecule has 0 saturated heterocycles. The van der Waals surface area contributed by atoms with Gasteiger partial charge in [-0.15, -0.1) is 0 Å². The predicted molar refractivity (Wildman–Crippen MR) is 135 cm³/mol. The zero-order chi connectivity index (χ0) is 27.0. The van der Waals surface area contributed by atoms with Crippen LogP contribution in [-0.4, -0.2) is 39.1 Å². The van der Waals surface area contributed by atoms with E-state index in [2.05, 4.69) is 0 Å². The van der Waals surface area contributed by atoms with Gasteiger partial charge in [-0.1, -0.05) is 12.1 Å². The second kappa shape index (κ2) is 9.93. The standard InChI is InChI=1S/C29H24O9/c1-15(30)36-29-23(34-3)12-17(13-24(29)35-4)20-14-25(31)37-21-10-9-19-27(32)22(38-28(19)26(20)21)11-16-5-7-18(33-2)8-6-16/h5-13,20H,14H2,1-4H3/b22-11+/t20-/m1/s1. The van der Waals surface area contributed by atoms with E-state index in [0.717, 1.165) is 5.56 Å². The summed E-state index contributed by atoms with van der Waals surface area (Å²) in [5.41, 5.74) is 2.30. The van der Waals surface area contributed by atoms with E-state index in [1.54, 1.807) is 49.6 Å². The van der Waals surface area contributed by atoms with Crippen LogP contribution in [0.2, 0.25) is 0 Å². The van der Waals surface area contributed by atoms with Gasteiger partial charge in [0.2, 0.25) is 11.5 Å². The highest BCUT2D eigenvalue weighted by Crippen LogP contribution is 2.51. The second-order valence-electron chi connectivity index (χ2n) is 8.65. The van der Waals surface area contributed by atoms with Crippen LogP contribution in [0.3, 0.4) is 0 Å². The van der Waals surface area contributed by atoms with Gasteiger partial charge in [0.15, 0.2) is 17.3 Å². The van der Waals surface area contributed by atoms with Crippen LogP contribution in [0.25, 0.3) is 6.08 Å². The number of methoxy groups -OCH3 is 3. The van der Waals surface area contributed by atoms with E-state index in [1.165, 1.54) is 21.1 Å². The lowest BCUT2D eigenvalue weighted by Gasteiger charge is -2.27. The minimum absolute atomic E-state index is 0.0161. The summed E-state index contributed by atoms with van der Waals surface area (Å²) in [5, 5.41) is 0. The van der Waals surface area contributed by atoms with E-state index < -0.39 is 17.9 Å². The molecule has 38 heavy (non-hydrogen) atoms. The van der Waals surface area contributed by atoms with Crippen molar-refractivity contribution in [2.24, 2.45) is 0 Å². The molecule has 2 aliphatic rings. The lowest BCUT2D eigenvalue weighted by Crippen LogP contribution is -2.21. The molecule has 2 aliphatic heterocycles. The molecule has 3 aromatic carbocycles. The average molecular weight is 517 g/mol. The molecule has 0 aliphatic carbocycles. The summed E-state index contributed by atoms with van der Waals surface area (Å²) >= 11 is 0. The summed E-state index contributed by atoms with van der Waals surface area (Å²) in [7, 11) is 4.45. The van der Waals surface area contributed by atoms with Gasteiger partial charge in [0, 0.05) is 18.4 Å². The molecule has 0 aromatic heterocycles. The Hall–Kier alpha value is -4.79. The molecule has 194 valence electrons. The summed E-state index contributed by atoms with van der Waals surface area (Å²) in [5.74, 6) is 0.270. The monoisotopic (exact) mass is 516 g/mol. The number of fused-ring (bicyclic) bond motifs is 3. The quantitative estimate of drug-likeness (QED) is 0.262. The number of esters is 2. The lowest BCUT2D eigenvalue weighted by atomic mass is 9.84. The molecule has 5 rings (SSSR count). The first-order chi connectivity index (χ1) is 18.3. The summed E-state index contributed by atoms with van der Waals surface area (Å²) in [6.07, 6.45) is 1.63. The van der Waals surface area contributed by atoms with Gasteiger partial charge in [-0.05, 0) is 53.6 Å². The van der Waals surface area contributed by atoms with Crippen LogP contribution in [0, 0.1) is 0 Å².